The molecule has 1 aliphatic rings. The second kappa shape index (κ2) is 7.32. The highest BCUT2D eigenvalue weighted by Crippen LogP contribution is 2.30. The summed E-state index contributed by atoms with van der Waals surface area (Å²) >= 11 is 1.49. The van der Waals surface area contributed by atoms with Gasteiger partial charge in [0, 0.05) is 37.1 Å². The highest BCUT2D eigenvalue weighted by molar-refractivity contribution is 7.13. The highest BCUT2D eigenvalue weighted by atomic mass is 32.1. The minimum Gasteiger partial charge on any atom is -0.467 e. The molecule has 1 aliphatic heterocycles. The van der Waals surface area contributed by atoms with E-state index in [1.165, 1.54) is 11.3 Å². The minimum atomic E-state index is -0.698. The predicted molar refractivity (Wildman–Crippen MR) is 104 cm³/mol. The fourth-order valence-corrected chi connectivity index (χ4v) is 4.52. The summed E-state index contributed by atoms with van der Waals surface area (Å²) in [6.45, 7) is 2.74. The van der Waals surface area contributed by atoms with Gasteiger partial charge in [-0.15, -0.1) is 11.3 Å². The third-order valence-corrected chi connectivity index (χ3v) is 6.18. The molecule has 1 saturated heterocycles. The van der Waals surface area contributed by atoms with Crippen LogP contribution in [0.3, 0.4) is 0 Å². The summed E-state index contributed by atoms with van der Waals surface area (Å²) < 4.78 is 7.36. The first-order valence-electron chi connectivity index (χ1n) is 9.15. The fraction of sp³-hybridized carbons (Fsp3) is 0.400. The maximum Gasteiger partial charge on any atom is 0.273 e. The maximum atomic E-state index is 13.0. The first kappa shape index (κ1) is 18.0. The van der Waals surface area contributed by atoms with E-state index in [1.807, 2.05) is 36.4 Å². The summed E-state index contributed by atoms with van der Waals surface area (Å²) in [6, 6.07) is 7.60. The van der Waals surface area contributed by atoms with E-state index in [-0.39, 0.29) is 11.9 Å². The van der Waals surface area contributed by atoms with E-state index in [9.17, 15) is 9.90 Å². The molecule has 0 radical (unpaired) electrons. The predicted octanol–water partition coefficient (Wildman–Crippen LogP) is 3.78. The molecule has 3 aromatic rings. The van der Waals surface area contributed by atoms with Crippen LogP contribution in [0, 0.1) is 6.92 Å². The van der Waals surface area contributed by atoms with Crippen molar-refractivity contribution in [3.05, 3.63) is 53.1 Å². The molecule has 4 heterocycles. The Balaban J connectivity index is 1.49. The van der Waals surface area contributed by atoms with Gasteiger partial charge in [-0.25, -0.2) is 4.98 Å². The minimum absolute atomic E-state index is 0.0000286. The SMILES string of the molecule is Cc1ccc(-c2nc(C(=O)N3CCC[C@@H]3C[C@@H](O)c3ccco3)cs2)n1C. The molecule has 1 amide bonds. The van der Waals surface area contributed by atoms with Crippen LogP contribution in [0.15, 0.2) is 40.3 Å². The standard InChI is InChI=1S/C20H23N3O3S/c1-13-7-8-16(22(13)2)19-21-15(12-27-19)20(25)23-9-3-5-14(23)11-17(24)18-6-4-10-26-18/h4,6-8,10,12,14,17,24H,3,5,9,11H2,1-2H3/t14-,17-/m1/s1. The van der Waals surface area contributed by atoms with Gasteiger partial charge in [0.05, 0.1) is 12.0 Å². The van der Waals surface area contributed by atoms with E-state index in [4.69, 9.17) is 4.42 Å². The molecule has 142 valence electrons. The van der Waals surface area contributed by atoms with Crippen molar-refractivity contribution in [2.75, 3.05) is 6.54 Å². The smallest absolute Gasteiger partial charge is 0.273 e. The van der Waals surface area contributed by atoms with Crippen LogP contribution in [-0.4, -0.2) is 38.1 Å². The zero-order valence-electron chi connectivity index (χ0n) is 15.5. The number of thiazole rings is 1. The summed E-state index contributed by atoms with van der Waals surface area (Å²) in [6.07, 6.45) is 3.16. The normalized spacial score (nSPS) is 18.2. The van der Waals surface area contributed by atoms with Gasteiger partial charge in [-0.2, -0.15) is 0 Å². The maximum absolute atomic E-state index is 13.0. The van der Waals surface area contributed by atoms with Crippen LogP contribution in [0.5, 0.6) is 0 Å². The summed E-state index contributed by atoms with van der Waals surface area (Å²) in [5.41, 5.74) is 2.65. The number of aryl methyl sites for hydroxylation is 1. The van der Waals surface area contributed by atoms with E-state index in [0.29, 0.717) is 24.4 Å². The lowest BCUT2D eigenvalue weighted by atomic mass is 10.0. The molecule has 1 N–H and O–H groups in total. The Bertz CT molecular complexity index is 928. The van der Waals surface area contributed by atoms with Gasteiger partial charge in [0.25, 0.3) is 5.91 Å². The van der Waals surface area contributed by atoms with Crippen LogP contribution in [0.4, 0.5) is 0 Å². The molecule has 4 rings (SSSR count). The largest absolute Gasteiger partial charge is 0.467 e. The van der Waals surface area contributed by atoms with E-state index in [0.717, 1.165) is 29.2 Å². The molecule has 27 heavy (non-hydrogen) atoms. The summed E-state index contributed by atoms with van der Waals surface area (Å²) in [5, 5.41) is 13.1. The zero-order valence-corrected chi connectivity index (χ0v) is 16.3. The van der Waals surface area contributed by atoms with Crippen LogP contribution in [0.2, 0.25) is 0 Å². The molecule has 0 spiro atoms. The number of carbonyl (C=O) groups is 1. The molecule has 7 heteroatoms. The number of rotatable bonds is 5. The van der Waals surface area contributed by atoms with Crippen molar-refractivity contribution >= 4 is 17.2 Å². The van der Waals surface area contributed by atoms with E-state index in [1.54, 1.807) is 18.4 Å². The van der Waals surface area contributed by atoms with Gasteiger partial charge in [-0.1, -0.05) is 0 Å². The molecule has 0 aromatic carbocycles. The number of aliphatic hydroxyl groups excluding tert-OH is 1. The zero-order chi connectivity index (χ0) is 19.0. The Morgan fingerprint density at radius 3 is 3.00 bits per heavy atom. The monoisotopic (exact) mass is 385 g/mol. The van der Waals surface area contributed by atoms with Crippen LogP contribution < -0.4 is 0 Å². The van der Waals surface area contributed by atoms with Crippen LogP contribution >= 0.6 is 11.3 Å². The topological polar surface area (TPSA) is 71.5 Å². The summed E-state index contributed by atoms with van der Waals surface area (Å²) in [4.78, 5) is 19.5. The molecule has 2 atom stereocenters. The highest BCUT2D eigenvalue weighted by Gasteiger charge is 2.33. The number of likely N-dealkylation sites (tertiary alicyclic amines) is 1. The molecule has 0 aliphatic carbocycles. The Kier molecular flexibility index (Phi) is 4.88. The molecule has 0 bridgehead atoms. The molecular weight excluding hydrogens is 362 g/mol. The van der Waals surface area contributed by atoms with Crippen LogP contribution in [0.1, 0.15) is 47.3 Å². The molecule has 3 aromatic heterocycles. The van der Waals surface area contributed by atoms with Crippen molar-refractivity contribution in [1.82, 2.24) is 14.5 Å². The summed E-state index contributed by atoms with van der Waals surface area (Å²) in [5.74, 6) is 0.488. The average Bonchev–Trinajstić information content (AvgIpc) is 3.43. The van der Waals surface area contributed by atoms with Crippen molar-refractivity contribution in [2.45, 2.75) is 38.3 Å². The van der Waals surface area contributed by atoms with Crippen molar-refractivity contribution in [1.29, 1.82) is 0 Å². The molecule has 0 saturated carbocycles. The van der Waals surface area contributed by atoms with E-state index in [2.05, 4.69) is 9.55 Å². The van der Waals surface area contributed by atoms with Gasteiger partial charge in [0.15, 0.2) is 0 Å². The molecule has 6 nitrogen and oxygen atoms in total. The number of hydrogen-bond acceptors (Lipinski definition) is 5. The molecule has 1 fully saturated rings. The first-order chi connectivity index (χ1) is 13.0. The van der Waals surface area contributed by atoms with Gasteiger partial charge < -0.3 is 19.0 Å². The van der Waals surface area contributed by atoms with Gasteiger partial charge in [-0.05, 0) is 44.0 Å². The lowest BCUT2D eigenvalue weighted by molar-refractivity contribution is 0.0637. The lowest BCUT2D eigenvalue weighted by Gasteiger charge is -2.25. The van der Waals surface area contributed by atoms with Crippen LogP contribution in [-0.2, 0) is 7.05 Å². The van der Waals surface area contributed by atoms with Crippen molar-refractivity contribution in [2.24, 2.45) is 7.05 Å². The number of amides is 1. The van der Waals surface area contributed by atoms with Crippen LogP contribution in [0.25, 0.3) is 10.7 Å². The second-order valence-corrected chi connectivity index (χ2v) is 7.88. The average molecular weight is 385 g/mol. The van der Waals surface area contributed by atoms with Crippen molar-refractivity contribution < 1.29 is 14.3 Å². The number of aromatic nitrogens is 2. The first-order valence-corrected chi connectivity index (χ1v) is 10.0. The van der Waals surface area contributed by atoms with Gasteiger partial charge in [-0.3, -0.25) is 4.79 Å². The summed E-state index contributed by atoms with van der Waals surface area (Å²) in [7, 11) is 2.00. The number of carbonyl (C=O) groups excluding carboxylic acids is 1. The van der Waals surface area contributed by atoms with Gasteiger partial charge >= 0.3 is 0 Å². The van der Waals surface area contributed by atoms with E-state index < -0.39 is 6.10 Å². The Labute approximate surface area is 162 Å². The van der Waals surface area contributed by atoms with Crippen molar-refractivity contribution in [3.8, 4) is 10.7 Å². The molecular formula is C20H23N3O3S. The lowest BCUT2D eigenvalue weighted by Crippen LogP contribution is -2.36. The third kappa shape index (κ3) is 3.44. The van der Waals surface area contributed by atoms with E-state index >= 15 is 0 Å². The van der Waals surface area contributed by atoms with Crippen molar-refractivity contribution in [3.63, 3.8) is 0 Å². The second-order valence-electron chi connectivity index (χ2n) is 7.02. The Morgan fingerprint density at radius 1 is 1.44 bits per heavy atom. The molecule has 0 unspecified atom stereocenters. The number of furan rings is 1. The Morgan fingerprint density at radius 2 is 2.30 bits per heavy atom. The Hall–Kier alpha value is -2.38. The number of nitrogens with zero attached hydrogens (tertiary/aromatic N) is 3. The van der Waals surface area contributed by atoms with Gasteiger partial charge in [0.1, 0.15) is 22.6 Å². The number of aliphatic hydroxyl groups is 1. The number of hydrogen-bond donors (Lipinski definition) is 1. The van der Waals surface area contributed by atoms with Gasteiger partial charge in [0.2, 0.25) is 0 Å². The quantitative estimate of drug-likeness (QED) is 0.726. The third-order valence-electron chi connectivity index (χ3n) is 5.32. The fourth-order valence-electron chi connectivity index (χ4n) is 3.67.